The molecule has 0 atom stereocenters. The summed E-state index contributed by atoms with van der Waals surface area (Å²) >= 11 is 0. The van der Waals surface area contributed by atoms with Crippen LogP contribution in [0, 0.1) is 0 Å². The van der Waals surface area contributed by atoms with Gasteiger partial charge in [-0.05, 0) is 72.2 Å². The standard InChI is InChI=1S/C29H34N2O3/c1-5-20-11-9-12-21(6-2)27(20)30-26(32)19-34-25-17-15-24(16-18-25)29(33)31-28-22(7-3)13-10-14-23(28)8-4/h9-18H,5-8,19H2,1-4H3,(H,30,32)(H,31,33). The minimum atomic E-state index is -0.208. The molecule has 0 heterocycles. The summed E-state index contributed by atoms with van der Waals surface area (Å²) in [6, 6.07) is 19.0. The predicted molar refractivity (Wildman–Crippen MR) is 139 cm³/mol. The fraction of sp³-hybridized carbons (Fsp3) is 0.310. The number of aryl methyl sites for hydroxylation is 4. The van der Waals surface area contributed by atoms with Crippen LogP contribution in [0.1, 0.15) is 60.3 Å². The van der Waals surface area contributed by atoms with Gasteiger partial charge in [-0.2, -0.15) is 0 Å². The SMILES string of the molecule is CCc1cccc(CC)c1NC(=O)COc1ccc(C(=O)Nc2c(CC)cccc2CC)cc1. The maximum atomic E-state index is 12.8. The molecule has 5 heteroatoms. The molecule has 3 rings (SSSR count). The van der Waals surface area contributed by atoms with Crippen LogP contribution in [0.3, 0.4) is 0 Å². The summed E-state index contributed by atoms with van der Waals surface area (Å²) in [5.74, 6) is 0.165. The Balaban J connectivity index is 1.62. The van der Waals surface area contributed by atoms with E-state index in [-0.39, 0.29) is 18.4 Å². The van der Waals surface area contributed by atoms with Crippen molar-refractivity contribution >= 4 is 23.2 Å². The summed E-state index contributed by atoms with van der Waals surface area (Å²) in [6.45, 7) is 8.20. The summed E-state index contributed by atoms with van der Waals surface area (Å²) in [5.41, 5.74) is 6.77. The van der Waals surface area contributed by atoms with Gasteiger partial charge in [-0.3, -0.25) is 9.59 Å². The van der Waals surface area contributed by atoms with Gasteiger partial charge in [0.05, 0.1) is 0 Å². The van der Waals surface area contributed by atoms with Crippen molar-refractivity contribution in [2.24, 2.45) is 0 Å². The highest BCUT2D eigenvalue weighted by Crippen LogP contribution is 2.24. The number of carbonyl (C=O) groups excluding carboxylic acids is 2. The largest absolute Gasteiger partial charge is 0.484 e. The van der Waals surface area contributed by atoms with Crippen LogP contribution in [0.4, 0.5) is 11.4 Å². The van der Waals surface area contributed by atoms with Crippen LogP contribution in [-0.2, 0) is 30.5 Å². The number of ether oxygens (including phenoxy) is 1. The van der Waals surface area contributed by atoms with Gasteiger partial charge in [0, 0.05) is 16.9 Å². The van der Waals surface area contributed by atoms with Gasteiger partial charge in [0.25, 0.3) is 11.8 Å². The highest BCUT2D eigenvalue weighted by molar-refractivity contribution is 6.05. The van der Waals surface area contributed by atoms with E-state index in [9.17, 15) is 9.59 Å². The van der Waals surface area contributed by atoms with E-state index in [1.165, 1.54) is 0 Å². The molecule has 34 heavy (non-hydrogen) atoms. The highest BCUT2D eigenvalue weighted by Gasteiger charge is 2.13. The van der Waals surface area contributed by atoms with Crippen molar-refractivity contribution in [3.63, 3.8) is 0 Å². The zero-order valence-electron chi connectivity index (χ0n) is 20.5. The molecule has 0 saturated carbocycles. The monoisotopic (exact) mass is 458 g/mol. The maximum Gasteiger partial charge on any atom is 0.262 e. The average Bonchev–Trinajstić information content (AvgIpc) is 2.87. The predicted octanol–water partition coefficient (Wildman–Crippen LogP) is 6.21. The molecule has 0 bridgehead atoms. The van der Waals surface area contributed by atoms with E-state index in [4.69, 9.17) is 4.74 Å². The van der Waals surface area contributed by atoms with Gasteiger partial charge in [-0.25, -0.2) is 0 Å². The molecule has 0 aromatic heterocycles. The number of carbonyl (C=O) groups is 2. The second-order valence-electron chi connectivity index (χ2n) is 8.13. The first-order chi connectivity index (χ1) is 16.5. The molecule has 0 spiro atoms. The summed E-state index contributed by atoms with van der Waals surface area (Å²) in [7, 11) is 0. The van der Waals surface area contributed by atoms with E-state index in [1.807, 2.05) is 36.4 Å². The minimum absolute atomic E-state index is 0.101. The van der Waals surface area contributed by atoms with Crippen molar-refractivity contribution in [1.29, 1.82) is 0 Å². The lowest BCUT2D eigenvalue weighted by atomic mass is 10.0. The first kappa shape index (κ1) is 25.0. The molecule has 3 aromatic rings. The fourth-order valence-electron chi connectivity index (χ4n) is 4.02. The molecule has 2 amide bonds. The Kier molecular flexibility index (Phi) is 8.86. The second-order valence-corrected chi connectivity index (χ2v) is 8.13. The van der Waals surface area contributed by atoms with Gasteiger partial charge in [0.15, 0.2) is 6.61 Å². The van der Waals surface area contributed by atoms with Crippen LogP contribution in [0.2, 0.25) is 0 Å². The first-order valence-electron chi connectivity index (χ1n) is 12.1. The van der Waals surface area contributed by atoms with Crippen LogP contribution in [0.25, 0.3) is 0 Å². The van der Waals surface area contributed by atoms with E-state index in [0.717, 1.165) is 59.3 Å². The Labute approximate surface area is 202 Å². The number of anilines is 2. The first-order valence-corrected chi connectivity index (χ1v) is 12.1. The van der Waals surface area contributed by atoms with Gasteiger partial charge in [-0.1, -0.05) is 64.1 Å². The summed E-state index contributed by atoms with van der Waals surface area (Å²) in [6.07, 6.45) is 3.38. The number of benzene rings is 3. The molecule has 0 unspecified atom stereocenters. The van der Waals surface area contributed by atoms with Gasteiger partial charge in [0.2, 0.25) is 0 Å². The van der Waals surface area contributed by atoms with Crippen LogP contribution in [0.5, 0.6) is 5.75 Å². The van der Waals surface area contributed by atoms with Crippen molar-refractivity contribution in [2.75, 3.05) is 17.2 Å². The average molecular weight is 459 g/mol. The number of nitrogens with one attached hydrogen (secondary N) is 2. The van der Waals surface area contributed by atoms with Crippen LogP contribution in [0.15, 0.2) is 60.7 Å². The Morgan fingerprint density at radius 3 is 1.53 bits per heavy atom. The third kappa shape index (κ3) is 6.04. The highest BCUT2D eigenvalue weighted by atomic mass is 16.5. The Morgan fingerprint density at radius 2 is 1.09 bits per heavy atom. The summed E-state index contributed by atoms with van der Waals surface area (Å²) < 4.78 is 5.67. The van der Waals surface area contributed by atoms with Crippen LogP contribution in [-0.4, -0.2) is 18.4 Å². The lowest BCUT2D eigenvalue weighted by Gasteiger charge is -2.15. The number of rotatable bonds is 10. The number of hydrogen-bond acceptors (Lipinski definition) is 3. The zero-order chi connectivity index (χ0) is 24.5. The van der Waals surface area contributed by atoms with Gasteiger partial charge < -0.3 is 15.4 Å². The minimum Gasteiger partial charge on any atom is -0.484 e. The lowest BCUT2D eigenvalue weighted by Crippen LogP contribution is -2.22. The number of amides is 2. The van der Waals surface area contributed by atoms with Crippen LogP contribution >= 0.6 is 0 Å². The van der Waals surface area contributed by atoms with Gasteiger partial charge in [0.1, 0.15) is 5.75 Å². The molecule has 2 N–H and O–H groups in total. The van der Waals surface area contributed by atoms with Gasteiger partial charge in [-0.15, -0.1) is 0 Å². The van der Waals surface area contributed by atoms with Crippen molar-refractivity contribution in [3.8, 4) is 5.75 Å². The second kappa shape index (κ2) is 12.0. The molecule has 3 aromatic carbocycles. The maximum absolute atomic E-state index is 12.8. The van der Waals surface area contributed by atoms with Crippen LogP contribution < -0.4 is 15.4 Å². The van der Waals surface area contributed by atoms with E-state index < -0.39 is 0 Å². The van der Waals surface area contributed by atoms with E-state index in [1.54, 1.807) is 24.3 Å². The molecule has 0 fully saturated rings. The molecule has 5 nitrogen and oxygen atoms in total. The number of para-hydroxylation sites is 2. The van der Waals surface area contributed by atoms with Crippen molar-refractivity contribution in [3.05, 3.63) is 88.5 Å². The fourth-order valence-corrected chi connectivity index (χ4v) is 4.02. The summed E-state index contributed by atoms with van der Waals surface area (Å²) in [5, 5.41) is 6.07. The molecule has 178 valence electrons. The van der Waals surface area contributed by atoms with Crippen molar-refractivity contribution in [2.45, 2.75) is 53.4 Å². The molecule has 0 saturated heterocycles. The molecular weight excluding hydrogens is 424 g/mol. The van der Waals surface area contributed by atoms with Crippen molar-refractivity contribution < 1.29 is 14.3 Å². The summed E-state index contributed by atoms with van der Waals surface area (Å²) in [4.78, 5) is 25.4. The number of hydrogen-bond donors (Lipinski definition) is 2. The Hall–Kier alpha value is -3.60. The smallest absolute Gasteiger partial charge is 0.262 e. The normalized spacial score (nSPS) is 10.6. The van der Waals surface area contributed by atoms with E-state index in [0.29, 0.717) is 11.3 Å². The lowest BCUT2D eigenvalue weighted by molar-refractivity contribution is -0.118. The van der Waals surface area contributed by atoms with E-state index in [2.05, 4.69) is 38.3 Å². The zero-order valence-corrected chi connectivity index (χ0v) is 20.5. The molecule has 0 aliphatic heterocycles. The van der Waals surface area contributed by atoms with Gasteiger partial charge >= 0.3 is 0 Å². The van der Waals surface area contributed by atoms with E-state index >= 15 is 0 Å². The third-order valence-electron chi connectivity index (χ3n) is 5.99. The quantitative estimate of drug-likeness (QED) is 0.380. The Bertz CT molecular complexity index is 1090. The molecule has 0 aliphatic carbocycles. The third-order valence-corrected chi connectivity index (χ3v) is 5.99. The van der Waals surface area contributed by atoms with Crippen molar-refractivity contribution in [1.82, 2.24) is 0 Å². The molecular formula is C29H34N2O3. The molecule has 0 radical (unpaired) electrons. The molecule has 0 aliphatic rings. The topological polar surface area (TPSA) is 67.4 Å². The Morgan fingerprint density at radius 1 is 0.647 bits per heavy atom.